The van der Waals surface area contributed by atoms with Crippen molar-refractivity contribution in [3.05, 3.63) is 53.2 Å². The van der Waals surface area contributed by atoms with E-state index in [0.29, 0.717) is 13.1 Å². The summed E-state index contributed by atoms with van der Waals surface area (Å²) in [6, 6.07) is 8.18. The minimum atomic E-state index is 0.434. The molecule has 2 aromatic heterocycles. The summed E-state index contributed by atoms with van der Waals surface area (Å²) in [6.07, 6.45) is 1.86. The molecule has 0 atom stereocenters. The number of hydrogen-bond acceptors (Lipinski definition) is 3. The molecule has 3 rings (SSSR count). The van der Waals surface area contributed by atoms with E-state index in [9.17, 15) is 0 Å². The molecule has 2 heterocycles. The Labute approximate surface area is 111 Å². The summed E-state index contributed by atoms with van der Waals surface area (Å²) in [4.78, 5) is 4.44. The summed E-state index contributed by atoms with van der Waals surface area (Å²) < 4.78 is 7.73. The van der Waals surface area contributed by atoms with Crippen molar-refractivity contribution >= 4 is 11.0 Å². The van der Waals surface area contributed by atoms with Crippen molar-refractivity contribution in [2.75, 3.05) is 0 Å². The van der Waals surface area contributed by atoms with Gasteiger partial charge in [-0.15, -0.1) is 0 Å². The van der Waals surface area contributed by atoms with Crippen LogP contribution in [-0.4, -0.2) is 9.55 Å². The van der Waals surface area contributed by atoms with Gasteiger partial charge in [0.05, 0.1) is 30.5 Å². The standard InChI is InChI=1S/C15H17N3O/c1-10-5-14-15(6-11(10)2)18(9-17-14)8-13-4-3-12(7-16)19-13/h3-6,9H,7-8,16H2,1-2H3. The number of benzene rings is 1. The topological polar surface area (TPSA) is 57.0 Å². The fourth-order valence-electron chi connectivity index (χ4n) is 2.22. The molecule has 0 radical (unpaired) electrons. The largest absolute Gasteiger partial charge is 0.463 e. The Morgan fingerprint density at radius 3 is 2.63 bits per heavy atom. The molecular formula is C15H17N3O. The van der Waals surface area contributed by atoms with Crippen molar-refractivity contribution in [1.29, 1.82) is 0 Å². The third-order valence-electron chi connectivity index (χ3n) is 3.48. The van der Waals surface area contributed by atoms with E-state index < -0.39 is 0 Å². The summed E-state index contributed by atoms with van der Waals surface area (Å²) in [7, 11) is 0. The van der Waals surface area contributed by atoms with Crippen LogP contribution in [0.3, 0.4) is 0 Å². The molecule has 3 aromatic rings. The molecule has 0 aliphatic heterocycles. The normalized spacial score (nSPS) is 11.3. The Kier molecular flexibility index (Phi) is 2.87. The third kappa shape index (κ3) is 2.15. The van der Waals surface area contributed by atoms with Crippen LogP contribution >= 0.6 is 0 Å². The van der Waals surface area contributed by atoms with Gasteiger partial charge >= 0.3 is 0 Å². The first-order chi connectivity index (χ1) is 9.17. The van der Waals surface area contributed by atoms with Gasteiger partial charge in [-0.05, 0) is 49.2 Å². The lowest BCUT2D eigenvalue weighted by atomic mass is 10.1. The Morgan fingerprint density at radius 2 is 1.89 bits per heavy atom. The van der Waals surface area contributed by atoms with Crippen LogP contribution in [0, 0.1) is 13.8 Å². The number of hydrogen-bond donors (Lipinski definition) is 1. The number of imidazole rings is 1. The number of furan rings is 1. The van der Waals surface area contributed by atoms with E-state index in [2.05, 4.69) is 35.5 Å². The predicted octanol–water partition coefficient (Wildman–Crippen LogP) is 2.75. The SMILES string of the molecule is Cc1cc2ncn(Cc3ccc(CN)o3)c2cc1C. The van der Waals surface area contributed by atoms with Gasteiger partial charge < -0.3 is 14.7 Å². The van der Waals surface area contributed by atoms with Gasteiger partial charge in [0.15, 0.2) is 0 Å². The van der Waals surface area contributed by atoms with Crippen molar-refractivity contribution in [3.8, 4) is 0 Å². The third-order valence-corrected chi connectivity index (χ3v) is 3.48. The molecule has 0 bridgehead atoms. The zero-order chi connectivity index (χ0) is 13.4. The molecule has 2 N–H and O–H groups in total. The van der Waals surface area contributed by atoms with Crippen LogP contribution in [-0.2, 0) is 13.1 Å². The highest BCUT2D eigenvalue weighted by molar-refractivity contribution is 5.77. The van der Waals surface area contributed by atoms with Gasteiger partial charge in [0.1, 0.15) is 11.5 Å². The molecule has 19 heavy (non-hydrogen) atoms. The van der Waals surface area contributed by atoms with E-state index in [4.69, 9.17) is 10.2 Å². The van der Waals surface area contributed by atoms with Crippen molar-refractivity contribution in [1.82, 2.24) is 9.55 Å². The van der Waals surface area contributed by atoms with E-state index in [1.165, 1.54) is 11.1 Å². The second-order valence-corrected chi connectivity index (χ2v) is 4.87. The molecule has 4 nitrogen and oxygen atoms in total. The van der Waals surface area contributed by atoms with Crippen LogP contribution in [0.2, 0.25) is 0 Å². The average molecular weight is 255 g/mol. The van der Waals surface area contributed by atoms with Gasteiger partial charge in [-0.25, -0.2) is 4.98 Å². The molecule has 4 heteroatoms. The Morgan fingerprint density at radius 1 is 1.16 bits per heavy atom. The van der Waals surface area contributed by atoms with Gasteiger partial charge in [0, 0.05) is 0 Å². The number of aromatic nitrogens is 2. The predicted molar refractivity (Wildman–Crippen MR) is 74.9 cm³/mol. The Bertz CT molecular complexity index is 724. The zero-order valence-corrected chi connectivity index (χ0v) is 11.2. The van der Waals surface area contributed by atoms with Gasteiger partial charge in [-0.3, -0.25) is 0 Å². The molecule has 0 amide bonds. The monoisotopic (exact) mass is 255 g/mol. The van der Waals surface area contributed by atoms with Crippen molar-refractivity contribution in [2.45, 2.75) is 26.9 Å². The highest BCUT2D eigenvalue weighted by Gasteiger charge is 2.07. The lowest BCUT2D eigenvalue weighted by Crippen LogP contribution is -1.97. The van der Waals surface area contributed by atoms with Crippen LogP contribution in [0.5, 0.6) is 0 Å². The fourth-order valence-corrected chi connectivity index (χ4v) is 2.22. The van der Waals surface area contributed by atoms with Crippen molar-refractivity contribution in [2.24, 2.45) is 5.73 Å². The van der Waals surface area contributed by atoms with E-state index >= 15 is 0 Å². The summed E-state index contributed by atoms with van der Waals surface area (Å²) in [6.45, 7) is 5.33. The minimum Gasteiger partial charge on any atom is -0.463 e. The molecule has 98 valence electrons. The molecule has 0 fully saturated rings. The molecular weight excluding hydrogens is 238 g/mol. The lowest BCUT2D eigenvalue weighted by Gasteiger charge is -2.04. The molecule has 0 unspecified atom stereocenters. The maximum absolute atomic E-state index is 5.64. The molecule has 0 aliphatic rings. The van der Waals surface area contributed by atoms with E-state index in [0.717, 1.165) is 22.6 Å². The van der Waals surface area contributed by atoms with E-state index in [1.54, 1.807) is 0 Å². The average Bonchev–Trinajstić information content (AvgIpc) is 2.99. The van der Waals surface area contributed by atoms with Gasteiger partial charge in [-0.2, -0.15) is 0 Å². The summed E-state index contributed by atoms with van der Waals surface area (Å²) in [5.74, 6) is 1.71. The fraction of sp³-hybridized carbons (Fsp3) is 0.267. The molecule has 0 aliphatic carbocycles. The van der Waals surface area contributed by atoms with Crippen LogP contribution in [0.4, 0.5) is 0 Å². The highest BCUT2D eigenvalue weighted by atomic mass is 16.3. The number of rotatable bonds is 3. The number of nitrogens with zero attached hydrogens (tertiary/aromatic N) is 2. The maximum Gasteiger partial charge on any atom is 0.124 e. The van der Waals surface area contributed by atoms with Crippen LogP contribution in [0.15, 0.2) is 35.0 Å². The number of nitrogens with two attached hydrogens (primary N) is 1. The van der Waals surface area contributed by atoms with Gasteiger partial charge in [0.2, 0.25) is 0 Å². The Hall–Kier alpha value is -2.07. The first-order valence-corrected chi connectivity index (χ1v) is 6.37. The Balaban J connectivity index is 1.98. The quantitative estimate of drug-likeness (QED) is 0.783. The molecule has 0 saturated heterocycles. The summed E-state index contributed by atoms with van der Waals surface area (Å²) in [5.41, 5.74) is 10.2. The highest BCUT2D eigenvalue weighted by Crippen LogP contribution is 2.20. The molecule has 0 saturated carbocycles. The summed E-state index contributed by atoms with van der Waals surface area (Å²) >= 11 is 0. The zero-order valence-electron chi connectivity index (χ0n) is 11.2. The van der Waals surface area contributed by atoms with Crippen LogP contribution in [0.1, 0.15) is 22.6 Å². The van der Waals surface area contributed by atoms with Crippen LogP contribution < -0.4 is 5.73 Å². The number of fused-ring (bicyclic) bond motifs is 1. The van der Waals surface area contributed by atoms with Crippen molar-refractivity contribution in [3.63, 3.8) is 0 Å². The van der Waals surface area contributed by atoms with Gasteiger partial charge in [0.25, 0.3) is 0 Å². The smallest absolute Gasteiger partial charge is 0.124 e. The van der Waals surface area contributed by atoms with Crippen molar-refractivity contribution < 1.29 is 4.42 Å². The molecule has 1 aromatic carbocycles. The molecule has 0 spiro atoms. The minimum absolute atomic E-state index is 0.434. The van der Waals surface area contributed by atoms with E-state index in [1.807, 2.05) is 18.5 Å². The second kappa shape index (κ2) is 4.55. The second-order valence-electron chi connectivity index (χ2n) is 4.87. The first kappa shape index (κ1) is 12.0. The lowest BCUT2D eigenvalue weighted by molar-refractivity contribution is 0.457. The number of aryl methyl sites for hydroxylation is 2. The van der Waals surface area contributed by atoms with Crippen LogP contribution in [0.25, 0.3) is 11.0 Å². The van der Waals surface area contributed by atoms with E-state index in [-0.39, 0.29) is 0 Å². The first-order valence-electron chi connectivity index (χ1n) is 6.37. The summed E-state index contributed by atoms with van der Waals surface area (Å²) in [5, 5.41) is 0. The maximum atomic E-state index is 5.64. The van der Waals surface area contributed by atoms with Gasteiger partial charge in [-0.1, -0.05) is 0 Å².